The maximum atomic E-state index is 12.5. The number of nitrogens with two attached hydrogens (primary N) is 1. The molecule has 2 unspecified atom stereocenters. The summed E-state index contributed by atoms with van der Waals surface area (Å²) in [6.07, 6.45) is 2.07. The maximum absolute atomic E-state index is 12.5. The molecule has 18 heavy (non-hydrogen) atoms. The molecule has 0 saturated carbocycles. The molecule has 1 amide bonds. The predicted octanol–water partition coefficient (Wildman–Crippen LogP) is 0.940. The van der Waals surface area contributed by atoms with Crippen LogP contribution in [-0.4, -0.2) is 31.7 Å². The van der Waals surface area contributed by atoms with Crippen molar-refractivity contribution >= 4 is 11.6 Å². The molecule has 1 fully saturated rings. The van der Waals surface area contributed by atoms with Crippen LogP contribution in [-0.2, 0) is 16.0 Å². The summed E-state index contributed by atoms with van der Waals surface area (Å²) in [7, 11) is 0. The summed E-state index contributed by atoms with van der Waals surface area (Å²) >= 11 is 0. The summed E-state index contributed by atoms with van der Waals surface area (Å²) in [5.41, 5.74) is 8.24. The van der Waals surface area contributed by atoms with Crippen LogP contribution < -0.4 is 10.6 Å². The summed E-state index contributed by atoms with van der Waals surface area (Å²) in [4.78, 5) is 14.4. The van der Waals surface area contributed by atoms with E-state index in [2.05, 4.69) is 6.07 Å². The number of hydrogen-bond donors (Lipinski definition) is 1. The Morgan fingerprint density at radius 1 is 1.33 bits per heavy atom. The number of para-hydroxylation sites is 1. The van der Waals surface area contributed by atoms with E-state index >= 15 is 0 Å². The highest BCUT2D eigenvalue weighted by Gasteiger charge is 2.36. The molecular weight excluding hydrogens is 228 g/mol. The van der Waals surface area contributed by atoms with E-state index < -0.39 is 0 Å². The van der Waals surface area contributed by atoms with E-state index in [0.717, 1.165) is 25.1 Å². The van der Waals surface area contributed by atoms with E-state index in [1.165, 1.54) is 5.56 Å². The van der Waals surface area contributed by atoms with Crippen molar-refractivity contribution in [3.63, 3.8) is 0 Å². The van der Waals surface area contributed by atoms with Gasteiger partial charge in [0.15, 0.2) is 0 Å². The van der Waals surface area contributed by atoms with Gasteiger partial charge in [0.2, 0.25) is 5.91 Å². The van der Waals surface area contributed by atoms with E-state index in [1.54, 1.807) is 0 Å². The molecule has 2 aliphatic heterocycles. The van der Waals surface area contributed by atoms with Crippen LogP contribution in [0.25, 0.3) is 0 Å². The number of benzene rings is 1. The molecule has 3 rings (SSSR count). The van der Waals surface area contributed by atoms with Gasteiger partial charge in [-0.1, -0.05) is 18.2 Å². The van der Waals surface area contributed by atoms with Crippen LogP contribution in [0.5, 0.6) is 0 Å². The summed E-state index contributed by atoms with van der Waals surface area (Å²) in [5, 5.41) is 0. The second kappa shape index (κ2) is 4.71. The first kappa shape index (κ1) is 11.7. The number of carbonyl (C=O) groups excluding carboxylic acids is 1. The van der Waals surface area contributed by atoms with E-state index in [-0.39, 0.29) is 17.9 Å². The number of ether oxygens (including phenoxy) is 1. The number of aryl methyl sites for hydroxylation is 1. The van der Waals surface area contributed by atoms with Crippen LogP contribution in [0.3, 0.4) is 0 Å². The van der Waals surface area contributed by atoms with Gasteiger partial charge in [0, 0.05) is 18.3 Å². The van der Waals surface area contributed by atoms with Crippen molar-refractivity contribution in [3.8, 4) is 0 Å². The maximum Gasteiger partial charge on any atom is 0.234 e. The third-order valence-corrected chi connectivity index (χ3v) is 3.82. The molecule has 2 atom stereocenters. The number of fused-ring (bicyclic) bond motifs is 1. The van der Waals surface area contributed by atoms with Crippen molar-refractivity contribution in [1.82, 2.24) is 0 Å². The Hall–Kier alpha value is -1.39. The Morgan fingerprint density at radius 3 is 2.94 bits per heavy atom. The van der Waals surface area contributed by atoms with Gasteiger partial charge in [0.1, 0.15) is 0 Å². The van der Waals surface area contributed by atoms with Gasteiger partial charge in [0.25, 0.3) is 0 Å². The molecule has 1 aromatic carbocycles. The largest absolute Gasteiger partial charge is 0.379 e. The highest BCUT2D eigenvalue weighted by Crippen LogP contribution is 2.29. The molecule has 4 nitrogen and oxygen atoms in total. The second-order valence-electron chi connectivity index (χ2n) is 5.03. The van der Waals surface area contributed by atoms with Gasteiger partial charge in [-0.2, -0.15) is 0 Å². The van der Waals surface area contributed by atoms with Crippen LogP contribution in [0, 0.1) is 5.92 Å². The first-order valence-corrected chi connectivity index (χ1v) is 6.50. The van der Waals surface area contributed by atoms with Crippen molar-refractivity contribution in [1.29, 1.82) is 0 Å². The van der Waals surface area contributed by atoms with Crippen LogP contribution in [0.1, 0.15) is 12.0 Å². The van der Waals surface area contributed by atoms with Crippen molar-refractivity contribution in [2.75, 3.05) is 24.7 Å². The molecule has 0 aliphatic carbocycles. The highest BCUT2D eigenvalue weighted by molar-refractivity contribution is 5.96. The van der Waals surface area contributed by atoms with Crippen molar-refractivity contribution < 1.29 is 9.53 Å². The Kier molecular flexibility index (Phi) is 3.06. The fraction of sp³-hybridized carbons (Fsp3) is 0.500. The predicted molar refractivity (Wildman–Crippen MR) is 69.4 cm³/mol. The molecule has 4 heteroatoms. The van der Waals surface area contributed by atoms with Crippen molar-refractivity contribution in [3.05, 3.63) is 29.8 Å². The standard InChI is InChI=1S/C14H18N2O2/c15-12-9-18-8-11(12)14(17)16-7-3-5-10-4-1-2-6-13(10)16/h1-2,4,6,11-12H,3,5,7-9,15H2. The quantitative estimate of drug-likeness (QED) is 0.802. The molecule has 1 saturated heterocycles. The van der Waals surface area contributed by atoms with Gasteiger partial charge < -0.3 is 15.4 Å². The Morgan fingerprint density at radius 2 is 2.17 bits per heavy atom. The lowest BCUT2D eigenvalue weighted by Gasteiger charge is -2.31. The van der Waals surface area contributed by atoms with Gasteiger partial charge in [-0.25, -0.2) is 0 Å². The molecule has 2 aliphatic rings. The molecule has 1 aromatic rings. The molecule has 0 radical (unpaired) electrons. The zero-order chi connectivity index (χ0) is 12.5. The zero-order valence-corrected chi connectivity index (χ0v) is 10.3. The number of carbonyl (C=O) groups is 1. The average Bonchev–Trinajstić information content (AvgIpc) is 2.83. The van der Waals surface area contributed by atoms with Crippen molar-refractivity contribution in [2.24, 2.45) is 11.7 Å². The van der Waals surface area contributed by atoms with E-state index in [4.69, 9.17) is 10.5 Å². The van der Waals surface area contributed by atoms with Crippen molar-refractivity contribution in [2.45, 2.75) is 18.9 Å². The molecule has 0 spiro atoms. The molecule has 2 heterocycles. The third-order valence-electron chi connectivity index (χ3n) is 3.82. The van der Waals surface area contributed by atoms with Gasteiger partial charge >= 0.3 is 0 Å². The lowest BCUT2D eigenvalue weighted by molar-refractivity contribution is -0.122. The topological polar surface area (TPSA) is 55.6 Å². The van der Waals surface area contributed by atoms with E-state index in [0.29, 0.717) is 13.2 Å². The average molecular weight is 246 g/mol. The minimum absolute atomic E-state index is 0.118. The van der Waals surface area contributed by atoms with Crippen LogP contribution in [0.4, 0.5) is 5.69 Å². The molecule has 0 aromatic heterocycles. The van der Waals surface area contributed by atoms with Gasteiger partial charge in [-0.3, -0.25) is 4.79 Å². The number of anilines is 1. The third kappa shape index (κ3) is 1.91. The van der Waals surface area contributed by atoms with Crippen LogP contribution >= 0.6 is 0 Å². The Bertz CT molecular complexity index is 461. The second-order valence-corrected chi connectivity index (χ2v) is 5.03. The first-order valence-electron chi connectivity index (χ1n) is 6.50. The molecule has 0 bridgehead atoms. The van der Waals surface area contributed by atoms with Crippen LogP contribution in [0.15, 0.2) is 24.3 Å². The van der Waals surface area contributed by atoms with E-state index in [9.17, 15) is 4.79 Å². The lowest BCUT2D eigenvalue weighted by Crippen LogP contribution is -2.45. The Labute approximate surface area is 107 Å². The molecule has 96 valence electrons. The minimum Gasteiger partial charge on any atom is -0.379 e. The number of amides is 1. The number of rotatable bonds is 1. The molecular formula is C14H18N2O2. The van der Waals surface area contributed by atoms with Gasteiger partial charge in [-0.05, 0) is 24.5 Å². The SMILES string of the molecule is NC1COCC1C(=O)N1CCCc2ccccc21. The van der Waals surface area contributed by atoms with E-state index in [1.807, 2.05) is 23.1 Å². The lowest BCUT2D eigenvalue weighted by atomic mass is 9.97. The van der Waals surface area contributed by atoms with Gasteiger partial charge in [-0.15, -0.1) is 0 Å². The summed E-state index contributed by atoms with van der Waals surface area (Å²) in [5.74, 6) is -0.0664. The molecule has 2 N–H and O–H groups in total. The monoisotopic (exact) mass is 246 g/mol. The zero-order valence-electron chi connectivity index (χ0n) is 10.3. The minimum atomic E-state index is -0.184. The number of nitrogens with zero attached hydrogens (tertiary/aromatic N) is 1. The first-order chi connectivity index (χ1) is 8.77. The fourth-order valence-corrected chi connectivity index (χ4v) is 2.79. The summed E-state index contributed by atoms with van der Waals surface area (Å²) < 4.78 is 5.30. The van der Waals surface area contributed by atoms with Gasteiger partial charge in [0.05, 0.1) is 19.1 Å². The normalized spacial score (nSPS) is 27.1. The smallest absolute Gasteiger partial charge is 0.234 e. The van der Waals surface area contributed by atoms with Crippen LogP contribution in [0.2, 0.25) is 0 Å². The fourth-order valence-electron chi connectivity index (χ4n) is 2.79. The Balaban J connectivity index is 1.87. The summed E-state index contributed by atoms with van der Waals surface area (Å²) in [6, 6.07) is 7.96. The summed E-state index contributed by atoms with van der Waals surface area (Å²) in [6.45, 7) is 1.74. The number of hydrogen-bond acceptors (Lipinski definition) is 3. The highest BCUT2D eigenvalue weighted by atomic mass is 16.5.